The first-order valence-electron chi connectivity index (χ1n) is 12.9. The number of allylic oxidation sites excluding steroid dienone is 3. The third-order valence-electron chi connectivity index (χ3n) is 7.06. The van der Waals surface area contributed by atoms with Crippen molar-refractivity contribution in [2.75, 3.05) is 44.2 Å². The summed E-state index contributed by atoms with van der Waals surface area (Å²) in [5, 5.41) is 12.0. The average Bonchev–Trinajstić information content (AvgIpc) is 3.47. The van der Waals surface area contributed by atoms with Crippen LogP contribution in [0.5, 0.6) is 0 Å². The standard InChI is InChI=1S/C28H30Cl2N6O3/c1-18-23(27-34-32-17-39-27)25(20-7-5-8-21(29)26(20)30)24(19(2)33-18)28(37)38-16-6-11-35-12-14-36(15-13-35)22-9-3-4-10-31-22/h3-5,7-10,17,25,33H,6,11-16H2,1-2H3. The van der Waals surface area contributed by atoms with Crippen LogP contribution in [0.4, 0.5) is 5.82 Å². The number of benzene rings is 1. The highest BCUT2D eigenvalue weighted by atomic mass is 35.5. The van der Waals surface area contributed by atoms with Gasteiger partial charge in [-0.25, -0.2) is 9.78 Å². The number of nitrogens with zero attached hydrogens (tertiary/aromatic N) is 5. The van der Waals surface area contributed by atoms with Crippen molar-refractivity contribution in [3.05, 3.63) is 87.5 Å². The molecule has 2 aliphatic rings. The summed E-state index contributed by atoms with van der Waals surface area (Å²) < 4.78 is 11.4. The van der Waals surface area contributed by atoms with Gasteiger partial charge in [0.1, 0.15) is 5.82 Å². The van der Waals surface area contributed by atoms with Crippen LogP contribution < -0.4 is 10.2 Å². The molecule has 4 heterocycles. The maximum absolute atomic E-state index is 13.5. The summed E-state index contributed by atoms with van der Waals surface area (Å²) in [7, 11) is 0. The molecule has 1 N–H and O–H groups in total. The minimum Gasteiger partial charge on any atom is -0.462 e. The second kappa shape index (κ2) is 12.2. The first kappa shape index (κ1) is 27.2. The van der Waals surface area contributed by atoms with Gasteiger partial charge in [0.2, 0.25) is 12.3 Å². The molecule has 11 heteroatoms. The Morgan fingerprint density at radius 1 is 1.10 bits per heavy atom. The molecule has 1 saturated heterocycles. The first-order chi connectivity index (χ1) is 18.9. The van der Waals surface area contributed by atoms with E-state index < -0.39 is 11.9 Å². The fraction of sp³-hybridized carbons (Fsp3) is 0.357. The Hall–Kier alpha value is -3.40. The molecule has 0 radical (unpaired) electrons. The molecule has 2 aromatic heterocycles. The number of dihydropyridines is 1. The summed E-state index contributed by atoms with van der Waals surface area (Å²) in [4.78, 5) is 22.7. The summed E-state index contributed by atoms with van der Waals surface area (Å²) in [6.07, 6.45) is 3.80. The molecule has 1 atom stereocenters. The van der Waals surface area contributed by atoms with Crippen molar-refractivity contribution < 1.29 is 13.9 Å². The van der Waals surface area contributed by atoms with Gasteiger partial charge < -0.3 is 19.4 Å². The van der Waals surface area contributed by atoms with Gasteiger partial charge in [0.05, 0.1) is 28.1 Å². The van der Waals surface area contributed by atoms with Crippen LogP contribution in [0.15, 0.2) is 70.4 Å². The molecule has 2 aliphatic heterocycles. The number of anilines is 1. The second-order valence-electron chi connectivity index (χ2n) is 9.53. The Balaban J connectivity index is 1.25. The van der Waals surface area contributed by atoms with Gasteiger partial charge in [0.15, 0.2) is 0 Å². The highest BCUT2D eigenvalue weighted by molar-refractivity contribution is 6.42. The summed E-state index contributed by atoms with van der Waals surface area (Å²) in [5.74, 6) is 0.286. The van der Waals surface area contributed by atoms with Crippen molar-refractivity contribution in [3.63, 3.8) is 0 Å². The molecule has 0 bridgehead atoms. The number of aromatic nitrogens is 3. The zero-order valence-corrected chi connectivity index (χ0v) is 23.4. The number of carbonyl (C=O) groups is 1. The van der Waals surface area contributed by atoms with Crippen molar-refractivity contribution in [1.82, 2.24) is 25.4 Å². The van der Waals surface area contributed by atoms with Crippen LogP contribution in [-0.4, -0.2) is 65.4 Å². The van der Waals surface area contributed by atoms with Crippen LogP contribution >= 0.6 is 23.2 Å². The Kier molecular flexibility index (Phi) is 8.50. The molecule has 0 amide bonds. The van der Waals surface area contributed by atoms with E-state index in [1.807, 2.05) is 44.3 Å². The molecule has 1 aromatic carbocycles. The summed E-state index contributed by atoms with van der Waals surface area (Å²) in [6, 6.07) is 11.3. The molecule has 1 unspecified atom stereocenters. The summed E-state index contributed by atoms with van der Waals surface area (Å²) in [5.41, 5.74) is 3.20. The Morgan fingerprint density at radius 2 is 1.92 bits per heavy atom. The Bertz CT molecular complexity index is 1370. The van der Waals surface area contributed by atoms with E-state index in [9.17, 15) is 4.79 Å². The number of hydrogen-bond donors (Lipinski definition) is 1. The van der Waals surface area contributed by atoms with Crippen molar-refractivity contribution >= 4 is 40.6 Å². The van der Waals surface area contributed by atoms with Crippen LogP contribution in [0, 0.1) is 0 Å². The van der Waals surface area contributed by atoms with Crippen LogP contribution in [-0.2, 0) is 9.53 Å². The molecule has 39 heavy (non-hydrogen) atoms. The van der Waals surface area contributed by atoms with Gasteiger partial charge in [-0.05, 0) is 44.0 Å². The number of nitrogens with one attached hydrogen (secondary N) is 1. The molecule has 0 spiro atoms. The third kappa shape index (κ3) is 5.95. The van der Waals surface area contributed by atoms with E-state index in [2.05, 4.69) is 30.3 Å². The zero-order chi connectivity index (χ0) is 27.4. The number of piperazine rings is 1. The van der Waals surface area contributed by atoms with Crippen LogP contribution in [0.3, 0.4) is 0 Å². The van der Waals surface area contributed by atoms with E-state index in [-0.39, 0.29) is 0 Å². The van der Waals surface area contributed by atoms with Crippen LogP contribution in [0.2, 0.25) is 10.0 Å². The number of ether oxygens (including phenoxy) is 1. The summed E-state index contributed by atoms with van der Waals surface area (Å²) in [6.45, 7) is 8.58. The number of hydrogen-bond acceptors (Lipinski definition) is 9. The first-order valence-corrected chi connectivity index (χ1v) is 13.6. The van der Waals surface area contributed by atoms with Gasteiger partial charge in [-0.15, -0.1) is 10.2 Å². The normalized spacial score (nSPS) is 18.4. The maximum Gasteiger partial charge on any atom is 0.336 e. The summed E-state index contributed by atoms with van der Waals surface area (Å²) >= 11 is 13.0. The lowest BCUT2D eigenvalue weighted by Gasteiger charge is -2.35. The monoisotopic (exact) mass is 568 g/mol. The van der Waals surface area contributed by atoms with Crippen molar-refractivity contribution in [1.29, 1.82) is 0 Å². The fourth-order valence-electron chi connectivity index (χ4n) is 5.17. The quantitative estimate of drug-likeness (QED) is 0.300. The van der Waals surface area contributed by atoms with Crippen molar-refractivity contribution in [2.45, 2.75) is 26.2 Å². The molecule has 3 aromatic rings. The zero-order valence-electron chi connectivity index (χ0n) is 21.9. The smallest absolute Gasteiger partial charge is 0.336 e. The van der Waals surface area contributed by atoms with Gasteiger partial charge in [-0.2, -0.15) is 0 Å². The van der Waals surface area contributed by atoms with E-state index in [4.69, 9.17) is 32.4 Å². The molecule has 9 nitrogen and oxygen atoms in total. The molecule has 0 saturated carbocycles. The molecule has 204 valence electrons. The minimum atomic E-state index is -0.593. The van der Waals surface area contributed by atoms with E-state index in [1.54, 1.807) is 12.1 Å². The van der Waals surface area contributed by atoms with Gasteiger partial charge in [0.25, 0.3) is 0 Å². The lowest BCUT2D eigenvalue weighted by Crippen LogP contribution is -2.47. The van der Waals surface area contributed by atoms with E-state index in [0.717, 1.165) is 50.7 Å². The van der Waals surface area contributed by atoms with E-state index in [1.165, 1.54) is 6.39 Å². The SMILES string of the molecule is CC1=C(C(=O)OCCCN2CCN(c3ccccn3)CC2)C(c2cccc(Cl)c2Cl)C(c2nnco2)=C(C)N1. The molecular formula is C28H30Cl2N6O3. The lowest BCUT2D eigenvalue weighted by molar-refractivity contribution is -0.139. The molecule has 0 aliphatic carbocycles. The Labute approximate surface area is 237 Å². The highest BCUT2D eigenvalue weighted by Crippen LogP contribution is 2.46. The fourth-order valence-corrected chi connectivity index (χ4v) is 5.58. The predicted octanol–water partition coefficient (Wildman–Crippen LogP) is 4.92. The third-order valence-corrected chi connectivity index (χ3v) is 7.89. The molecule has 5 rings (SSSR count). The van der Waals surface area contributed by atoms with Crippen molar-refractivity contribution in [2.24, 2.45) is 0 Å². The Morgan fingerprint density at radius 3 is 2.64 bits per heavy atom. The van der Waals surface area contributed by atoms with E-state index in [0.29, 0.717) is 44.9 Å². The highest BCUT2D eigenvalue weighted by Gasteiger charge is 2.38. The van der Waals surface area contributed by atoms with Gasteiger partial charge >= 0.3 is 5.97 Å². The number of esters is 1. The van der Waals surface area contributed by atoms with Crippen LogP contribution in [0.25, 0.3) is 5.57 Å². The number of halogens is 2. The average molecular weight is 569 g/mol. The topological polar surface area (TPSA) is 96.6 Å². The van der Waals surface area contributed by atoms with Crippen LogP contribution in [0.1, 0.15) is 37.6 Å². The van der Waals surface area contributed by atoms with E-state index >= 15 is 0 Å². The predicted molar refractivity (Wildman–Crippen MR) is 150 cm³/mol. The number of rotatable bonds is 8. The van der Waals surface area contributed by atoms with Gasteiger partial charge in [-0.3, -0.25) is 4.90 Å². The lowest BCUT2D eigenvalue weighted by atomic mass is 9.80. The van der Waals surface area contributed by atoms with Gasteiger partial charge in [-0.1, -0.05) is 41.4 Å². The minimum absolute atomic E-state index is 0.295. The number of pyridine rings is 1. The number of carbonyl (C=O) groups excluding carboxylic acids is 1. The van der Waals surface area contributed by atoms with Crippen molar-refractivity contribution in [3.8, 4) is 0 Å². The maximum atomic E-state index is 13.5. The second-order valence-corrected chi connectivity index (χ2v) is 10.3. The largest absolute Gasteiger partial charge is 0.462 e. The van der Waals surface area contributed by atoms with Gasteiger partial charge in [0, 0.05) is 55.9 Å². The molecular weight excluding hydrogens is 539 g/mol. The molecule has 1 fully saturated rings.